The number of pyridine rings is 1. The molecule has 0 atom stereocenters. The number of amides is 1. The largest absolute Gasteiger partial charge is 0.489 e. The van der Waals surface area contributed by atoms with Crippen molar-refractivity contribution in [2.24, 2.45) is 0 Å². The number of rotatable bonds is 4. The molecule has 1 saturated carbocycles. The van der Waals surface area contributed by atoms with Crippen molar-refractivity contribution in [2.75, 3.05) is 0 Å². The summed E-state index contributed by atoms with van der Waals surface area (Å²) in [6.07, 6.45) is -1.44. The van der Waals surface area contributed by atoms with E-state index in [1.807, 2.05) is 0 Å². The van der Waals surface area contributed by atoms with Crippen molar-refractivity contribution < 1.29 is 22.7 Å². The lowest BCUT2D eigenvalue weighted by atomic mass is 9.93. The van der Waals surface area contributed by atoms with Crippen molar-refractivity contribution >= 4 is 17.2 Å². The van der Waals surface area contributed by atoms with Crippen LogP contribution in [0.15, 0.2) is 12.3 Å². The standard InChI is InChI=1S/C17H16F3N5O2S/c1-9-24-25-16(28-9)15(26)23-10-2-4-11(5-3-10)27-12-6-13(17(18,19)20)14(7-21)22-8-12/h6,8,10-11H,2-5H2,1H3,(H,23,26)/t10-,11-. The first-order valence-corrected chi connectivity index (χ1v) is 9.33. The van der Waals surface area contributed by atoms with Crippen LogP contribution in [0.4, 0.5) is 13.2 Å². The number of nitriles is 1. The fraction of sp³-hybridized carbons (Fsp3) is 0.471. The van der Waals surface area contributed by atoms with E-state index in [1.54, 1.807) is 6.92 Å². The zero-order chi connectivity index (χ0) is 20.3. The number of alkyl halides is 3. The van der Waals surface area contributed by atoms with Crippen LogP contribution in [-0.2, 0) is 6.18 Å². The smallest absolute Gasteiger partial charge is 0.419 e. The third-order valence-electron chi connectivity index (χ3n) is 4.31. The molecule has 0 bridgehead atoms. The van der Waals surface area contributed by atoms with Crippen molar-refractivity contribution in [3.8, 4) is 11.8 Å². The Morgan fingerprint density at radius 3 is 2.61 bits per heavy atom. The Hall–Kier alpha value is -2.74. The molecule has 2 heterocycles. The maximum absolute atomic E-state index is 13.0. The lowest BCUT2D eigenvalue weighted by Crippen LogP contribution is -2.39. The van der Waals surface area contributed by atoms with E-state index in [-0.39, 0.29) is 23.8 Å². The molecular weight excluding hydrogens is 395 g/mol. The molecule has 0 radical (unpaired) electrons. The van der Waals surface area contributed by atoms with E-state index in [1.165, 1.54) is 17.4 Å². The van der Waals surface area contributed by atoms with Gasteiger partial charge in [0.2, 0.25) is 5.01 Å². The number of aromatic nitrogens is 3. The van der Waals surface area contributed by atoms with Crippen molar-refractivity contribution in [1.82, 2.24) is 20.5 Å². The number of halogens is 3. The molecule has 3 rings (SSSR count). The van der Waals surface area contributed by atoms with Crippen LogP contribution in [0.25, 0.3) is 0 Å². The number of hydrogen-bond acceptors (Lipinski definition) is 7. The first-order chi connectivity index (χ1) is 13.3. The Bertz CT molecular complexity index is 901. The van der Waals surface area contributed by atoms with Crippen LogP contribution < -0.4 is 10.1 Å². The Kier molecular flexibility index (Phi) is 5.79. The lowest BCUT2D eigenvalue weighted by molar-refractivity contribution is -0.138. The molecule has 28 heavy (non-hydrogen) atoms. The van der Waals surface area contributed by atoms with E-state index in [2.05, 4.69) is 20.5 Å². The molecule has 148 valence electrons. The van der Waals surface area contributed by atoms with Gasteiger partial charge in [-0.1, -0.05) is 11.3 Å². The molecule has 11 heteroatoms. The van der Waals surface area contributed by atoms with Gasteiger partial charge >= 0.3 is 6.18 Å². The number of ether oxygens (including phenoxy) is 1. The molecule has 1 aliphatic rings. The van der Waals surface area contributed by atoms with E-state index < -0.39 is 17.4 Å². The molecule has 0 unspecified atom stereocenters. The Balaban J connectivity index is 1.56. The third-order valence-corrected chi connectivity index (χ3v) is 5.14. The molecule has 1 fully saturated rings. The maximum Gasteiger partial charge on any atom is 0.419 e. The highest BCUT2D eigenvalue weighted by Crippen LogP contribution is 2.34. The molecule has 1 N–H and O–H groups in total. The highest BCUT2D eigenvalue weighted by Gasteiger charge is 2.35. The van der Waals surface area contributed by atoms with Gasteiger partial charge < -0.3 is 10.1 Å². The maximum atomic E-state index is 13.0. The van der Waals surface area contributed by atoms with Gasteiger partial charge in [0, 0.05) is 6.04 Å². The van der Waals surface area contributed by atoms with Crippen LogP contribution in [0.2, 0.25) is 0 Å². The molecule has 2 aromatic rings. The van der Waals surface area contributed by atoms with Gasteiger partial charge in [-0.2, -0.15) is 18.4 Å². The molecule has 2 aromatic heterocycles. The fourth-order valence-electron chi connectivity index (χ4n) is 2.97. The number of nitrogens with zero attached hydrogens (tertiary/aromatic N) is 4. The van der Waals surface area contributed by atoms with E-state index in [9.17, 15) is 18.0 Å². The Labute approximate surface area is 162 Å². The van der Waals surface area contributed by atoms with Crippen LogP contribution in [0.1, 0.15) is 51.8 Å². The first-order valence-electron chi connectivity index (χ1n) is 8.51. The van der Waals surface area contributed by atoms with Crippen LogP contribution >= 0.6 is 11.3 Å². The molecule has 7 nitrogen and oxygen atoms in total. The summed E-state index contributed by atoms with van der Waals surface area (Å²) >= 11 is 1.21. The van der Waals surface area contributed by atoms with E-state index in [0.29, 0.717) is 35.7 Å². The Morgan fingerprint density at radius 2 is 2.04 bits per heavy atom. The van der Waals surface area contributed by atoms with Crippen molar-refractivity contribution in [1.29, 1.82) is 5.26 Å². The summed E-state index contributed by atoms with van der Waals surface area (Å²) in [5.74, 6) is -0.302. The quantitative estimate of drug-likeness (QED) is 0.829. The molecular formula is C17H16F3N5O2S. The zero-order valence-corrected chi connectivity index (χ0v) is 15.6. The highest BCUT2D eigenvalue weighted by molar-refractivity contribution is 7.13. The van der Waals surface area contributed by atoms with Gasteiger partial charge in [0.1, 0.15) is 16.8 Å². The molecule has 0 saturated heterocycles. The zero-order valence-electron chi connectivity index (χ0n) is 14.8. The van der Waals surface area contributed by atoms with Crippen LogP contribution in [0.5, 0.6) is 5.75 Å². The first kappa shape index (κ1) is 20.0. The summed E-state index contributed by atoms with van der Waals surface area (Å²) in [7, 11) is 0. The van der Waals surface area contributed by atoms with Gasteiger partial charge in [0.25, 0.3) is 5.91 Å². The van der Waals surface area contributed by atoms with E-state index in [4.69, 9.17) is 10.00 Å². The minimum absolute atomic E-state index is 0.0249. The molecule has 0 spiro atoms. The monoisotopic (exact) mass is 411 g/mol. The highest BCUT2D eigenvalue weighted by atomic mass is 32.1. The molecule has 0 aliphatic heterocycles. The van der Waals surface area contributed by atoms with Crippen molar-refractivity contribution in [2.45, 2.75) is 50.9 Å². The lowest BCUT2D eigenvalue weighted by Gasteiger charge is -2.29. The number of carbonyl (C=O) groups is 1. The van der Waals surface area contributed by atoms with Gasteiger partial charge in [-0.3, -0.25) is 4.79 Å². The topological polar surface area (TPSA) is 101 Å². The third kappa shape index (κ3) is 4.75. The summed E-state index contributed by atoms with van der Waals surface area (Å²) in [4.78, 5) is 15.7. The number of nitrogens with one attached hydrogen (secondary N) is 1. The van der Waals surface area contributed by atoms with Crippen LogP contribution in [-0.4, -0.2) is 33.2 Å². The summed E-state index contributed by atoms with van der Waals surface area (Å²) in [6.45, 7) is 1.76. The molecule has 1 aliphatic carbocycles. The second-order valence-corrected chi connectivity index (χ2v) is 7.55. The average molecular weight is 411 g/mol. The van der Waals surface area contributed by atoms with Gasteiger partial charge in [0.15, 0.2) is 5.69 Å². The molecule has 0 aromatic carbocycles. The minimum atomic E-state index is -4.68. The van der Waals surface area contributed by atoms with Crippen molar-refractivity contribution in [3.05, 3.63) is 33.5 Å². The van der Waals surface area contributed by atoms with E-state index >= 15 is 0 Å². The van der Waals surface area contributed by atoms with Gasteiger partial charge in [0.05, 0.1) is 17.9 Å². The second kappa shape index (κ2) is 8.10. The van der Waals surface area contributed by atoms with Gasteiger partial charge in [-0.25, -0.2) is 4.98 Å². The second-order valence-electron chi connectivity index (χ2n) is 6.37. The normalized spacial score (nSPS) is 19.7. The summed E-state index contributed by atoms with van der Waals surface area (Å²) < 4.78 is 44.7. The SMILES string of the molecule is Cc1nnc(C(=O)N[C@H]2CC[C@H](Oc3cnc(C#N)c(C(F)(F)F)c3)CC2)s1. The summed E-state index contributed by atoms with van der Waals surface area (Å²) in [6, 6.07) is 2.18. The molecule has 1 amide bonds. The number of carbonyl (C=O) groups excluding carboxylic acids is 1. The van der Waals surface area contributed by atoms with Crippen LogP contribution in [0.3, 0.4) is 0 Å². The van der Waals surface area contributed by atoms with E-state index in [0.717, 1.165) is 12.3 Å². The predicted octanol–water partition coefficient (Wildman–Crippen LogP) is 3.25. The minimum Gasteiger partial charge on any atom is -0.489 e. The summed E-state index contributed by atoms with van der Waals surface area (Å²) in [5, 5.41) is 20.3. The van der Waals surface area contributed by atoms with Gasteiger partial charge in [-0.05, 0) is 38.7 Å². The average Bonchev–Trinajstić information content (AvgIpc) is 3.09. The van der Waals surface area contributed by atoms with Gasteiger partial charge in [-0.15, -0.1) is 10.2 Å². The number of hydrogen-bond donors (Lipinski definition) is 1. The number of aryl methyl sites for hydroxylation is 1. The summed E-state index contributed by atoms with van der Waals surface area (Å²) in [5.41, 5.74) is -1.79. The van der Waals surface area contributed by atoms with Crippen LogP contribution in [0, 0.1) is 18.3 Å². The van der Waals surface area contributed by atoms with Crippen molar-refractivity contribution in [3.63, 3.8) is 0 Å². The predicted molar refractivity (Wildman–Crippen MR) is 92.7 cm³/mol. The Morgan fingerprint density at radius 1 is 1.32 bits per heavy atom. The fourth-order valence-corrected chi connectivity index (χ4v) is 3.56.